The number of nitro groups is 1. The van der Waals surface area contributed by atoms with Crippen molar-refractivity contribution in [2.45, 2.75) is 0 Å². The van der Waals surface area contributed by atoms with Crippen molar-refractivity contribution in [3.8, 4) is 17.3 Å². The van der Waals surface area contributed by atoms with Gasteiger partial charge in [-0.3, -0.25) is 19.7 Å². The quantitative estimate of drug-likeness (QED) is 0.135. The van der Waals surface area contributed by atoms with Crippen LogP contribution in [0.4, 0.5) is 17.1 Å². The maximum absolute atomic E-state index is 13.6. The summed E-state index contributed by atoms with van der Waals surface area (Å²) in [4.78, 5) is 53.9. The lowest BCUT2D eigenvalue weighted by molar-refractivity contribution is -0.384. The van der Waals surface area contributed by atoms with Crippen molar-refractivity contribution in [3.63, 3.8) is 0 Å². The van der Waals surface area contributed by atoms with Crippen LogP contribution in [0.5, 0.6) is 0 Å². The van der Waals surface area contributed by atoms with Crippen molar-refractivity contribution in [3.05, 3.63) is 130 Å². The highest BCUT2D eigenvalue weighted by molar-refractivity contribution is 6.14. The monoisotopic (exact) mass is 571 g/mol. The smallest absolute Gasteiger partial charge is 0.340 e. The number of esters is 1. The van der Waals surface area contributed by atoms with E-state index in [0.29, 0.717) is 22.2 Å². The first kappa shape index (κ1) is 28.1. The molecule has 0 saturated carbocycles. The summed E-state index contributed by atoms with van der Waals surface area (Å²) >= 11 is 0. The zero-order chi connectivity index (χ0) is 30.3. The van der Waals surface area contributed by atoms with E-state index >= 15 is 0 Å². The van der Waals surface area contributed by atoms with Crippen LogP contribution >= 0.6 is 0 Å². The van der Waals surface area contributed by atoms with Gasteiger partial charge in [-0.1, -0.05) is 60.7 Å². The van der Waals surface area contributed by atoms with E-state index < -0.39 is 29.3 Å². The molecule has 2 amide bonds. The topological polar surface area (TPSA) is 164 Å². The molecule has 0 aliphatic heterocycles. The molecule has 0 unspecified atom stereocenters. The summed E-state index contributed by atoms with van der Waals surface area (Å²) in [6, 6.07) is 29.7. The second-order valence-electron chi connectivity index (χ2n) is 9.16. The molecule has 0 spiro atoms. The third-order valence-electron chi connectivity index (χ3n) is 6.37. The number of amides is 2. The van der Waals surface area contributed by atoms with E-state index in [1.165, 1.54) is 18.2 Å². The molecule has 0 aliphatic rings. The first-order chi connectivity index (χ1) is 20.8. The van der Waals surface area contributed by atoms with Crippen LogP contribution < -0.4 is 10.6 Å². The lowest BCUT2D eigenvalue weighted by Crippen LogP contribution is -2.22. The minimum atomic E-state index is -0.875. The number of nitrogens with one attached hydrogen (secondary N) is 2. The molecule has 0 bridgehead atoms. The number of pyridine rings is 1. The van der Waals surface area contributed by atoms with Crippen molar-refractivity contribution in [2.75, 3.05) is 17.2 Å². The van der Waals surface area contributed by atoms with Gasteiger partial charge in [0.05, 0.1) is 44.2 Å². The van der Waals surface area contributed by atoms with E-state index in [2.05, 4.69) is 10.6 Å². The van der Waals surface area contributed by atoms with Gasteiger partial charge in [0.1, 0.15) is 6.07 Å². The van der Waals surface area contributed by atoms with Crippen LogP contribution in [0.3, 0.4) is 0 Å². The molecule has 0 fully saturated rings. The van der Waals surface area contributed by atoms with Crippen LogP contribution in [-0.4, -0.2) is 34.3 Å². The fourth-order valence-electron chi connectivity index (χ4n) is 4.32. The largest absolute Gasteiger partial charge is 0.452 e. The number of nitriles is 1. The molecule has 2 N–H and O–H groups in total. The molecule has 11 nitrogen and oxygen atoms in total. The van der Waals surface area contributed by atoms with Gasteiger partial charge in [-0.25, -0.2) is 9.78 Å². The Morgan fingerprint density at radius 2 is 1.56 bits per heavy atom. The molecule has 43 heavy (non-hydrogen) atoms. The van der Waals surface area contributed by atoms with Crippen LogP contribution in [0.25, 0.3) is 22.2 Å². The van der Waals surface area contributed by atoms with Crippen LogP contribution in [0, 0.1) is 21.4 Å². The van der Waals surface area contributed by atoms with Crippen LogP contribution in [-0.2, 0) is 9.53 Å². The lowest BCUT2D eigenvalue weighted by atomic mass is 10.0. The van der Waals surface area contributed by atoms with Crippen molar-refractivity contribution in [1.29, 1.82) is 5.26 Å². The number of carbonyl (C=O) groups excluding carboxylic acids is 3. The Hall–Kier alpha value is -6.41. The molecule has 0 atom stereocenters. The maximum atomic E-state index is 13.6. The second-order valence-corrected chi connectivity index (χ2v) is 9.16. The van der Waals surface area contributed by atoms with Crippen LogP contribution in [0.15, 0.2) is 103 Å². The number of rotatable bonds is 8. The van der Waals surface area contributed by atoms with E-state index in [0.717, 1.165) is 17.7 Å². The van der Waals surface area contributed by atoms with Crippen molar-refractivity contribution in [1.82, 2.24) is 4.98 Å². The van der Waals surface area contributed by atoms with E-state index in [1.54, 1.807) is 36.4 Å². The Morgan fingerprint density at radius 1 is 0.837 bits per heavy atom. The molecular formula is C32H21N5O6. The predicted molar refractivity (Wildman–Crippen MR) is 158 cm³/mol. The molecule has 0 radical (unpaired) electrons. The molecule has 11 heteroatoms. The highest BCUT2D eigenvalue weighted by atomic mass is 16.6. The van der Waals surface area contributed by atoms with Crippen molar-refractivity contribution >= 4 is 45.7 Å². The Balaban J connectivity index is 1.32. The van der Waals surface area contributed by atoms with Crippen molar-refractivity contribution < 1.29 is 24.0 Å². The first-order valence-electron chi connectivity index (χ1n) is 12.8. The summed E-state index contributed by atoms with van der Waals surface area (Å²) in [5.74, 6) is -2.12. The average Bonchev–Trinajstić information content (AvgIpc) is 3.03. The van der Waals surface area contributed by atoms with E-state index in [1.807, 2.05) is 42.5 Å². The number of ether oxygens (including phenoxy) is 1. The van der Waals surface area contributed by atoms with Gasteiger partial charge >= 0.3 is 5.97 Å². The summed E-state index contributed by atoms with van der Waals surface area (Å²) in [6.07, 6.45) is 0. The fourth-order valence-corrected chi connectivity index (χ4v) is 4.32. The number of aromatic nitrogens is 1. The molecule has 4 aromatic carbocycles. The summed E-state index contributed by atoms with van der Waals surface area (Å²) in [5.41, 5.74) is 2.19. The van der Waals surface area contributed by atoms with E-state index in [-0.39, 0.29) is 28.2 Å². The number of nitro benzene ring substituents is 1. The number of hydrogen-bond acceptors (Lipinski definition) is 8. The summed E-state index contributed by atoms with van der Waals surface area (Å²) in [5, 5.41) is 26.0. The Morgan fingerprint density at radius 3 is 2.33 bits per heavy atom. The highest BCUT2D eigenvalue weighted by Gasteiger charge is 2.20. The molecule has 5 rings (SSSR count). The van der Waals surface area contributed by atoms with E-state index in [4.69, 9.17) is 9.72 Å². The Bertz CT molecular complexity index is 1930. The number of non-ortho nitro benzene ring substituents is 1. The molecule has 5 aromatic rings. The molecule has 0 aliphatic carbocycles. The standard InChI is InChI=1S/C32H21N5O6/c33-18-21-16-22(37(41)42)14-15-26(21)35-30(38)19-43-32(40)24-11-5-7-13-28(24)36-31(39)25-17-29(20-8-2-1-3-9-20)34-27-12-6-4-10-23(25)27/h1-17H,19H2,(H,35,38)(H,36,39). The van der Waals surface area contributed by atoms with Crippen molar-refractivity contribution in [2.24, 2.45) is 0 Å². The Kier molecular flexibility index (Phi) is 8.12. The summed E-state index contributed by atoms with van der Waals surface area (Å²) in [6.45, 7) is -0.710. The molecule has 0 saturated heterocycles. The van der Waals surface area contributed by atoms with Gasteiger partial charge in [-0.05, 0) is 30.3 Å². The first-order valence-corrected chi connectivity index (χ1v) is 12.8. The predicted octanol–water partition coefficient (Wildman–Crippen LogP) is 5.73. The second kappa shape index (κ2) is 12.4. The minimum absolute atomic E-state index is 0.0124. The van der Waals surface area contributed by atoms with Crippen LogP contribution in [0.2, 0.25) is 0 Å². The molecule has 1 aromatic heterocycles. The minimum Gasteiger partial charge on any atom is -0.452 e. The number of nitrogens with zero attached hydrogens (tertiary/aromatic N) is 3. The zero-order valence-corrected chi connectivity index (χ0v) is 22.3. The highest BCUT2D eigenvalue weighted by Crippen LogP contribution is 2.27. The normalized spacial score (nSPS) is 10.4. The number of carbonyl (C=O) groups is 3. The van der Waals surface area contributed by atoms with Gasteiger partial charge in [0.2, 0.25) is 0 Å². The number of para-hydroxylation sites is 2. The molecular weight excluding hydrogens is 550 g/mol. The SMILES string of the molecule is N#Cc1cc([N+](=O)[O-])ccc1NC(=O)COC(=O)c1ccccc1NC(=O)c1cc(-c2ccccc2)nc2ccccc12. The fraction of sp³-hybridized carbons (Fsp3) is 0.0312. The van der Waals surface area contributed by atoms with Gasteiger partial charge < -0.3 is 15.4 Å². The molecule has 1 heterocycles. The average molecular weight is 572 g/mol. The van der Waals surface area contributed by atoms with E-state index in [9.17, 15) is 29.8 Å². The number of fused-ring (bicyclic) bond motifs is 1. The van der Waals surface area contributed by atoms with Crippen LogP contribution in [0.1, 0.15) is 26.3 Å². The van der Waals surface area contributed by atoms with Gasteiger partial charge in [-0.2, -0.15) is 5.26 Å². The number of anilines is 2. The van der Waals surface area contributed by atoms with Gasteiger partial charge in [-0.15, -0.1) is 0 Å². The third-order valence-corrected chi connectivity index (χ3v) is 6.37. The lowest BCUT2D eigenvalue weighted by Gasteiger charge is -2.13. The van der Waals surface area contributed by atoms with Gasteiger partial charge in [0, 0.05) is 23.1 Å². The van der Waals surface area contributed by atoms with Gasteiger partial charge in [0.15, 0.2) is 6.61 Å². The summed E-state index contributed by atoms with van der Waals surface area (Å²) in [7, 11) is 0. The van der Waals surface area contributed by atoms with Gasteiger partial charge in [0.25, 0.3) is 17.5 Å². The zero-order valence-electron chi connectivity index (χ0n) is 22.3. The third kappa shape index (κ3) is 6.34. The number of benzene rings is 4. The Labute approximate surface area is 244 Å². The number of hydrogen-bond donors (Lipinski definition) is 2. The molecule has 210 valence electrons. The maximum Gasteiger partial charge on any atom is 0.340 e. The summed E-state index contributed by atoms with van der Waals surface area (Å²) < 4.78 is 5.17.